The van der Waals surface area contributed by atoms with E-state index >= 15 is 0 Å². The van der Waals surface area contributed by atoms with E-state index in [2.05, 4.69) is 10.2 Å². The van der Waals surface area contributed by atoms with Crippen LogP contribution < -0.4 is 10.5 Å². The summed E-state index contributed by atoms with van der Waals surface area (Å²) in [7, 11) is 1.21. The monoisotopic (exact) mass is 478 g/mol. The smallest absolute Gasteiger partial charge is 0.338 e. The van der Waals surface area contributed by atoms with Crippen LogP contribution in [0.25, 0.3) is 0 Å². The molecule has 0 aliphatic carbocycles. The highest BCUT2D eigenvalue weighted by Crippen LogP contribution is 2.25. The Balaban J connectivity index is 1.60. The number of esters is 1. The molecule has 0 spiro atoms. The van der Waals surface area contributed by atoms with Gasteiger partial charge >= 0.3 is 5.97 Å². The summed E-state index contributed by atoms with van der Waals surface area (Å²) in [4.78, 5) is 22.8. The fourth-order valence-corrected chi connectivity index (χ4v) is 3.53. The van der Waals surface area contributed by atoms with E-state index < -0.39 is 10.9 Å². The lowest BCUT2D eigenvalue weighted by atomic mass is 10.1. The normalized spacial score (nSPS) is 11.4. The third-order valence-electron chi connectivity index (χ3n) is 4.61. The first-order valence-electron chi connectivity index (χ1n) is 10.1. The second-order valence-corrected chi connectivity index (χ2v) is 7.86. The minimum Gasteiger partial charge on any atom is -0.489 e. The molecule has 34 heavy (non-hydrogen) atoms. The first-order chi connectivity index (χ1) is 16.5. The topological polar surface area (TPSA) is 129 Å². The van der Waals surface area contributed by atoms with Crippen LogP contribution in [-0.4, -0.2) is 29.4 Å². The molecule has 0 saturated carbocycles. The number of ether oxygens (including phenoxy) is 2. The molecule has 0 aliphatic rings. The second-order valence-electron chi connectivity index (χ2n) is 6.87. The lowest BCUT2D eigenvalue weighted by molar-refractivity contribution is -0.385. The van der Waals surface area contributed by atoms with Crippen molar-refractivity contribution in [3.63, 3.8) is 0 Å². The number of benzene rings is 3. The van der Waals surface area contributed by atoms with Gasteiger partial charge in [0.1, 0.15) is 12.4 Å². The molecule has 0 aliphatic heterocycles. The van der Waals surface area contributed by atoms with Gasteiger partial charge in [0, 0.05) is 11.8 Å². The molecular weight excluding hydrogens is 456 g/mol. The van der Waals surface area contributed by atoms with Crippen LogP contribution in [0.3, 0.4) is 0 Å². The molecule has 3 rings (SSSR count). The molecule has 0 bridgehead atoms. The molecule has 0 atom stereocenters. The lowest BCUT2D eigenvalue weighted by Gasteiger charge is -2.10. The number of nitro groups is 1. The van der Waals surface area contributed by atoms with Crippen molar-refractivity contribution in [2.24, 2.45) is 15.9 Å². The second kappa shape index (κ2) is 12.2. The minimum atomic E-state index is -0.671. The predicted molar refractivity (Wildman–Crippen MR) is 132 cm³/mol. The molecule has 0 heterocycles. The standard InChI is InChI=1S/C24H22N4O5S/c1-32-23(29)20-8-5-9-22(28(30)31)21(20)15-33-19-12-10-17(11-13-19)14-26-27-24(25)34-16-18-6-3-2-4-7-18/h2-14H,15-16H2,1H3,(H2,25,27). The highest BCUT2D eigenvalue weighted by atomic mass is 32.2. The Labute approximate surface area is 200 Å². The van der Waals surface area contributed by atoms with Gasteiger partial charge in [0.15, 0.2) is 5.17 Å². The number of carbonyl (C=O) groups excluding carboxylic acids is 1. The van der Waals surface area contributed by atoms with Crippen molar-refractivity contribution in [3.05, 3.63) is 105 Å². The molecule has 0 saturated heterocycles. The fraction of sp³-hybridized carbons (Fsp3) is 0.125. The molecule has 174 valence electrons. The zero-order chi connectivity index (χ0) is 24.3. The summed E-state index contributed by atoms with van der Waals surface area (Å²) in [6.45, 7) is -0.172. The number of hydrogen-bond acceptors (Lipinski definition) is 8. The van der Waals surface area contributed by atoms with Crippen molar-refractivity contribution >= 4 is 34.8 Å². The lowest BCUT2D eigenvalue weighted by Crippen LogP contribution is -2.10. The Morgan fingerprint density at radius 1 is 1.09 bits per heavy atom. The molecule has 0 radical (unpaired) electrons. The van der Waals surface area contributed by atoms with E-state index in [1.807, 2.05) is 30.3 Å². The van der Waals surface area contributed by atoms with E-state index in [0.717, 1.165) is 11.1 Å². The van der Waals surface area contributed by atoms with E-state index in [9.17, 15) is 14.9 Å². The maximum Gasteiger partial charge on any atom is 0.338 e. The molecule has 3 aromatic rings. The predicted octanol–water partition coefficient (Wildman–Crippen LogP) is 4.54. The molecular formula is C24H22N4O5S. The van der Waals surface area contributed by atoms with Crippen LogP contribution in [0, 0.1) is 10.1 Å². The number of rotatable bonds is 9. The highest BCUT2D eigenvalue weighted by Gasteiger charge is 2.22. The SMILES string of the molecule is COC(=O)c1cccc([N+](=O)[O-])c1COc1ccc(C=NN=C(N)SCc2ccccc2)cc1. The van der Waals surface area contributed by atoms with E-state index in [1.54, 1.807) is 30.5 Å². The summed E-state index contributed by atoms with van der Waals surface area (Å²) in [5.41, 5.74) is 7.80. The maximum absolute atomic E-state index is 12.0. The molecule has 10 heteroatoms. The van der Waals surface area contributed by atoms with E-state index in [-0.39, 0.29) is 23.4 Å². The largest absolute Gasteiger partial charge is 0.489 e. The Morgan fingerprint density at radius 3 is 2.50 bits per heavy atom. The van der Waals surface area contributed by atoms with Crippen LogP contribution in [0.4, 0.5) is 5.69 Å². The summed E-state index contributed by atoms with van der Waals surface area (Å²) >= 11 is 1.39. The van der Waals surface area contributed by atoms with Gasteiger partial charge in [0.2, 0.25) is 0 Å². The van der Waals surface area contributed by atoms with Crippen LogP contribution in [-0.2, 0) is 17.1 Å². The zero-order valence-corrected chi connectivity index (χ0v) is 19.1. The summed E-state index contributed by atoms with van der Waals surface area (Å²) < 4.78 is 10.4. The van der Waals surface area contributed by atoms with Crippen LogP contribution in [0.5, 0.6) is 5.75 Å². The molecule has 3 aromatic carbocycles. The summed E-state index contributed by atoms with van der Waals surface area (Å²) in [6.07, 6.45) is 1.55. The van der Waals surface area contributed by atoms with Gasteiger partial charge < -0.3 is 15.2 Å². The number of thioether (sulfide) groups is 1. The van der Waals surface area contributed by atoms with Crippen molar-refractivity contribution in [1.82, 2.24) is 0 Å². The summed E-state index contributed by atoms with van der Waals surface area (Å²) in [5.74, 6) is 0.498. The zero-order valence-electron chi connectivity index (χ0n) is 18.3. The van der Waals surface area contributed by atoms with Gasteiger partial charge in [-0.25, -0.2) is 4.79 Å². The molecule has 2 N–H and O–H groups in total. The Morgan fingerprint density at radius 2 is 1.82 bits per heavy atom. The van der Waals surface area contributed by atoms with E-state index in [0.29, 0.717) is 16.7 Å². The van der Waals surface area contributed by atoms with Gasteiger partial charge in [-0.2, -0.15) is 5.10 Å². The maximum atomic E-state index is 12.0. The van der Waals surface area contributed by atoms with Gasteiger partial charge in [-0.05, 0) is 41.5 Å². The fourth-order valence-electron chi connectivity index (χ4n) is 2.92. The first-order valence-corrected chi connectivity index (χ1v) is 11.1. The van der Waals surface area contributed by atoms with Crippen molar-refractivity contribution in [2.75, 3.05) is 7.11 Å². The molecule has 0 amide bonds. The van der Waals surface area contributed by atoms with Crippen molar-refractivity contribution in [1.29, 1.82) is 0 Å². The number of amidine groups is 1. The number of methoxy groups -OCH3 is 1. The minimum absolute atomic E-state index is 0.0843. The highest BCUT2D eigenvalue weighted by molar-refractivity contribution is 8.13. The van der Waals surface area contributed by atoms with Gasteiger partial charge in [0.25, 0.3) is 5.69 Å². The van der Waals surface area contributed by atoms with Crippen LogP contribution in [0.2, 0.25) is 0 Å². The van der Waals surface area contributed by atoms with E-state index in [1.165, 1.54) is 37.1 Å². The number of carbonyl (C=O) groups is 1. The van der Waals surface area contributed by atoms with E-state index in [4.69, 9.17) is 15.2 Å². The van der Waals surface area contributed by atoms with Crippen LogP contribution >= 0.6 is 11.8 Å². The van der Waals surface area contributed by atoms with Crippen molar-refractivity contribution < 1.29 is 19.2 Å². The third kappa shape index (κ3) is 6.91. The van der Waals surface area contributed by atoms with Crippen LogP contribution in [0.15, 0.2) is 83.0 Å². The number of nitrogens with two attached hydrogens (primary N) is 1. The Hall–Kier alpha value is -4.18. The molecule has 9 nitrogen and oxygen atoms in total. The van der Waals surface area contributed by atoms with Crippen molar-refractivity contribution in [3.8, 4) is 5.75 Å². The Bertz CT molecular complexity index is 1200. The first kappa shape index (κ1) is 24.5. The Kier molecular flexibility index (Phi) is 8.75. The van der Waals surface area contributed by atoms with Gasteiger partial charge in [-0.15, -0.1) is 5.10 Å². The van der Waals surface area contributed by atoms with Gasteiger partial charge in [0.05, 0.1) is 29.4 Å². The number of nitrogens with zero attached hydrogens (tertiary/aromatic N) is 3. The summed E-state index contributed by atoms with van der Waals surface area (Å²) in [5, 5.41) is 19.7. The summed E-state index contributed by atoms with van der Waals surface area (Å²) in [6, 6.07) is 21.0. The average molecular weight is 479 g/mol. The molecule has 0 aromatic heterocycles. The van der Waals surface area contributed by atoms with Crippen molar-refractivity contribution in [2.45, 2.75) is 12.4 Å². The van der Waals surface area contributed by atoms with Gasteiger partial charge in [-0.3, -0.25) is 10.1 Å². The number of hydrogen-bond donors (Lipinski definition) is 1. The van der Waals surface area contributed by atoms with Crippen LogP contribution in [0.1, 0.15) is 27.0 Å². The molecule has 0 fully saturated rings. The van der Waals surface area contributed by atoms with Gasteiger partial charge in [-0.1, -0.05) is 48.2 Å². The average Bonchev–Trinajstić information content (AvgIpc) is 2.86. The third-order valence-corrected chi connectivity index (χ3v) is 5.46. The number of nitro benzene ring substituents is 1. The molecule has 0 unspecified atom stereocenters. The quantitative estimate of drug-likeness (QED) is 0.157.